The number of esters is 1. The molecule has 0 saturated heterocycles. The molecule has 7 heteroatoms. The molecule has 120 valence electrons. The van der Waals surface area contributed by atoms with Crippen LogP contribution in [-0.2, 0) is 11.3 Å². The van der Waals surface area contributed by atoms with Crippen LogP contribution in [-0.4, -0.2) is 25.1 Å². The summed E-state index contributed by atoms with van der Waals surface area (Å²) in [6.45, 7) is 0.0190. The Balaban J connectivity index is 2.03. The molecular formula is C16H15NO6. The number of benzene rings is 2. The van der Waals surface area contributed by atoms with Crippen molar-refractivity contribution in [3.8, 4) is 11.5 Å². The minimum absolute atomic E-state index is 0.0139. The van der Waals surface area contributed by atoms with Crippen LogP contribution in [0.15, 0.2) is 42.5 Å². The van der Waals surface area contributed by atoms with E-state index in [1.807, 2.05) is 0 Å². The fourth-order valence-corrected chi connectivity index (χ4v) is 1.91. The number of non-ortho nitro benzene ring substituents is 1. The Kier molecular flexibility index (Phi) is 5.14. The van der Waals surface area contributed by atoms with E-state index >= 15 is 0 Å². The number of hydrogen-bond donors (Lipinski definition) is 0. The van der Waals surface area contributed by atoms with Crippen molar-refractivity contribution in [2.75, 3.05) is 14.2 Å². The Labute approximate surface area is 132 Å². The molecule has 0 N–H and O–H groups in total. The van der Waals surface area contributed by atoms with Gasteiger partial charge in [-0.05, 0) is 35.9 Å². The van der Waals surface area contributed by atoms with Gasteiger partial charge in [0.25, 0.3) is 5.69 Å². The highest BCUT2D eigenvalue weighted by molar-refractivity contribution is 5.90. The van der Waals surface area contributed by atoms with Gasteiger partial charge in [0.1, 0.15) is 6.61 Å². The van der Waals surface area contributed by atoms with E-state index in [0.29, 0.717) is 22.6 Å². The Bertz CT molecular complexity index is 711. The summed E-state index contributed by atoms with van der Waals surface area (Å²) in [6.07, 6.45) is 0. The summed E-state index contributed by atoms with van der Waals surface area (Å²) in [6, 6.07) is 10.5. The first-order chi connectivity index (χ1) is 11.0. The largest absolute Gasteiger partial charge is 0.493 e. The van der Waals surface area contributed by atoms with Crippen LogP contribution < -0.4 is 9.47 Å². The first-order valence-electron chi connectivity index (χ1n) is 6.67. The van der Waals surface area contributed by atoms with Crippen LogP contribution in [0.2, 0.25) is 0 Å². The third-order valence-corrected chi connectivity index (χ3v) is 3.14. The SMILES string of the molecule is COc1ccc(C(=O)OCc2ccc([N+](=O)[O-])cc2)cc1OC. The maximum Gasteiger partial charge on any atom is 0.338 e. The molecule has 2 aromatic carbocycles. The summed E-state index contributed by atoms with van der Waals surface area (Å²) in [7, 11) is 2.98. The maximum atomic E-state index is 12.0. The zero-order valence-corrected chi connectivity index (χ0v) is 12.6. The zero-order valence-electron chi connectivity index (χ0n) is 12.6. The van der Waals surface area contributed by atoms with Crippen molar-refractivity contribution in [1.82, 2.24) is 0 Å². The molecule has 0 aliphatic rings. The summed E-state index contributed by atoms with van der Waals surface area (Å²) < 4.78 is 15.4. The van der Waals surface area contributed by atoms with E-state index in [9.17, 15) is 14.9 Å². The van der Waals surface area contributed by atoms with Crippen molar-refractivity contribution in [2.24, 2.45) is 0 Å². The van der Waals surface area contributed by atoms with Crippen molar-refractivity contribution in [3.63, 3.8) is 0 Å². The molecule has 2 aromatic rings. The predicted octanol–water partition coefficient (Wildman–Crippen LogP) is 2.97. The Morgan fingerprint density at radius 2 is 1.70 bits per heavy atom. The number of nitrogens with zero attached hydrogens (tertiary/aromatic N) is 1. The zero-order chi connectivity index (χ0) is 16.8. The molecule has 2 rings (SSSR count). The molecule has 0 saturated carbocycles. The summed E-state index contributed by atoms with van der Waals surface area (Å²) >= 11 is 0. The lowest BCUT2D eigenvalue weighted by Gasteiger charge is -2.09. The summed E-state index contributed by atoms with van der Waals surface area (Å²) in [5.41, 5.74) is 0.967. The minimum Gasteiger partial charge on any atom is -0.493 e. The Morgan fingerprint density at radius 3 is 2.26 bits per heavy atom. The van der Waals surface area contributed by atoms with E-state index in [1.54, 1.807) is 24.3 Å². The highest BCUT2D eigenvalue weighted by Crippen LogP contribution is 2.27. The number of carbonyl (C=O) groups excluding carboxylic acids is 1. The second-order valence-corrected chi connectivity index (χ2v) is 4.57. The van der Waals surface area contributed by atoms with Crippen LogP contribution in [0.1, 0.15) is 15.9 Å². The Hall–Kier alpha value is -3.09. The average Bonchev–Trinajstić information content (AvgIpc) is 2.59. The minimum atomic E-state index is -0.524. The Morgan fingerprint density at radius 1 is 1.04 bits per heavy atom. The highest BCUT2D eigenvalue weighted by atomic mass is 16.6. The normalized spacial score (nSPS) is 10.0. The van der Waals surface area contributed by atoms with E-state index < -0.39 is 10.9 Å². The van der Waals surface area contributed by atoms with Crippen LogP contribution in [0, 0.1) is 10.1 Å². The maximum absolute atomic E-state index is 12.0. The number of carbonyl (C=O) groups is 1. The lowest BCUT2D eigenvalue weighted by atomic mass is 10.2. The lowest BCUT2D eigenvalue weighted by Crippen LogP contribution is -2.06. The summed E-state index contributed by atoms with van der Waals surface area (Å²) in [4.78, 5) is 22.1. The van der Waals surface area contributed by atoms with Gasteiger partial charge in [-0.25, -0.2) is 4.79 Å². The molecule has 0 fully saturated rings. The van der Waals surface area contributed by atoms with Gasteiger partial charge in [-0.2, -0.15) is 0 Å². The molecule has 0 aliphatic carbocycles. The number of rotatable bonds is 6. The van der Waals surface area contributed by atoms with Crippen LogP contribution in [0.5, 0.6) is 11.5 Å². The van der Waals surface area contributed by atoms with Crippen LogP contribution in [0.3, 0.4) is 0 Å². The number of ether oxygens (including phenoxy) is 3. The van der Waals surface area contributed by atoms with Gasteiger partial charge in [-0.15, -0.1) is 0 Å². The molecule has 0 unspecified atom stereocenters. The van der Waals surface area contributed by atoms with Gasteiger partial charge in [0.2, 0.25) is 0 Å². The second-order valence-electron chi connectivity index (χ2n) is 4.57. The fourth-order valence-electron chi connectivity index (χ4n) is 1.91. The first-order valence-corrected chi connectivity index (χ1v) is 6.67. The van der Waals surface area contributed by atoms with Crippen molar-refractivity contribution in [1.29, 1.82) is 0 Å². The molecule has 0 spiro atoms. The lowest BCUT2D eigenvalue weighted by molar-refractivity contribution is -0.384. The molecule has 0 aliphatic heterocycles. The molecule has 0 radical (unpaired) electrons. The average molecular weight is 317 g/mol. The topological polar surface area (TPSA) is 87.9 Å². The first kappa shape index (κ1) is 16.3. The summed E-state index contributed by atoms with van der Waals surface area (Å²) in [5, 5.41) is 10.6. The quantitative estimate of drug-likeness (QED) is 0.462. The van der Waals surface area contributed by atoms with Gasteiger partial charge in [0.05, 0.1) is 24.7 Å². The standard InChI is InChI=1S/C16H15NO6/c1-21-14-8-5-12(9-15(14)22-2)16(18)23-10-11-3-6-13(7-4-11)17(19)20/h3-9H,10H2,1-2H3. The van der Waals surface area contributed by atoms with E-state index in [0.717, 1.165) is 0 Å². The van der Waals surface area contributed by atoms with E-state index in [-0.39, 0.29) is 12.3 Å². The fraction of sp³-hybridized carbons (Fsp3) is 0.188. The molecule has 0 atom stereocenters. The van der Waals surface area contributed by atoms with Crippen LogP contribution in [0.25, 0.3) is 0 Å². The highest BCUT2D eigenvalue weighted by Gasteiger charge is 2.12. The van der Waals surface area contributed by atoms with E-state index in [1.165, 1.54) is 32.4 Å². The molecule has 23 heavy (non-hydrogen) atoms. The van der Waals surface area contributed by atoms with Crippen LogP contribution >= 0.6 is 0 Å². The van der Waals surface area contributed by atoms with E-state index in [4.69, 9.17) is 14.2 Å². The molecule has 0 amide bonds. The van der Waals surface area contributed by atoms with Gasteiger partial charge in [0, 0.05) is 12.1 Å². The smallest absolute Gasteiger partial charge is 0.338 e. The van der Waals surface area contributed by atoms with Gasteiger partial charge >= 0.3 is 5.97 Å². The second kappa shape index (κ2) is 7.26. The summed E-state index contributed by atoms with van der Waals surface area (Å²) in [5.74, 6) is 0.418. The van der Waals surface area contributed by atoms with Crippen molar-refractivity contribution >= 4 is 11.7 Å². The van der Waals surface area contributed by atoms with Gasteiger partial charge in [0.15, 0.2) is 11.5 Å². The number of nitro benzene ring substituents is 1. The van der Waals surface area contributed by atoms with Gasteiger partial charge in [-0.1, -0.05) is 0 Å². The molecule has 7 nitrogen and oxygen atoms in total. The number of methoxy groups -OCH3 is 2. The van der Waals surface area contributed by atoms with Crippen molar-refractivity contribution in [3.05, 3.63) is 63.7 Å². The molecule has 0 aromatic heterocycles. The van der Waals surface area contributed by atoms with Gasteiger partial charge < -0.3 is 14.2 Å². The number of hydrogen-bond acceptors (Lipinski definition) is 6. The molecular weight excluding hydrogens is 302 g/mol. The number of nitro groups is 1. The monoisotopic (exact) mass is 317 g/mol. The van der Waals surface area contributed by atoms with E-state index in [2.05, 4.69) is 0 Å². The third kappa shape index (κ3) is 3.97. The molecule has 0 heterocycles. The van der Waals surface area contributed by atoms with Crippen LogP contribution in [0.4, 0.5) is 5.69 Å². The predicted molar refractivity (Wildman–Crippen MR) is 81.8 cm³/mol. The van der Waals surface area contributed by atoms with Crippen molar-refractivity contribution < 1.29 is 23.9 Å². The van der Waals surface area contributed by atoms with Crippen molar-refractivity contribution in [2.45, 2.75) is 6.61 Å². The van der Waals surface area contributed by atoms with Gasteiger partial charge in [-0.3, -0.25) is 10.1 Å². The molecule has 0 bridgehead atoms. The third-order valence-electron chi connectivity index (χ3n) is 3.14.